The zero-order valence-electron chi connectivity index (χ0n) is 8.15. The Morgan fingerprint density at radius 1 is 1.54 bits per heavy atom. The Bertz CT molecular complexity index is 260. The highest BCUT2D eigenvalue weighted by Crippen LogP contribution is 2.15. The van der Waals surface area contributed by atoms with E-state index in [4.69, 9.17) is 15.0 Å². The van der Waals surface area contributed by atoms with Crippen molar-refractivity contribution in [1.82, 2.24) is 10.1 Å². The molecule has 5 nitrogen and oxygen atoms in total. The lowest BCUT2D eigenvalue weighted by atomic mass is 10.1. The minimum absolute atomic E-state index is 0.0100. The first kappa shape index (κ1) is 10.1. The largest absolute Gasteiger partial charge is 0.377 e. The molecule has 0 aliphatic carbocycles. The second-order valence-corrected chi connectivity index (χ2v) is 3.13. The number of rotatable bonds is 4. The molecule has 0 spiro atoms. The standard InChI is InChI=1S/C8H15N3O2/c1-5(6(2)9)8-10-7(4-12-3)11-13-8/h5-6H,4,9H2,1-3H3. The Kier molecular flexibility index (Phi) is 3.39. The summed E-state index contributed by atoms with van der Waals surface area (Å²) in [7, 11) is 1.59. The van der Waals surface area contributed by atoms with Crippen molar-refractivity contribution < 1.29 is 9.26 Å². The maximum Gasteiger partial charge on any atom is 0.231 e. The molecule has 1 heterocycles. The molecule has 0 fully saturated rings. The summed E-state index contributed by atoms with van der Waals surface area (Å²) >= 11 is 0. The van der Waals surface area contributed by atoms with Crippen LogP contribution in [0.1, 0.15) is 31.5 Å². The van der Waals surface area contributed by atoms with Crippen molar-refractivity contribution in [2.24, 2.45) is 5.73 Å². The molecule has 74 valence electrons. The summed E-state index contributed by atoms with van der Waals surface area (Å²) in [6.45, 7) is 4.23. The normalized spacial score (nSPS) is 15.7. The summed E-state index contributed by atoms with van der Waals surface area (Å²) < 4.78 is 9.88. The zero-order valence-corrected chi connectivity index (χ0v) is 8.15. The van der Waals surface area contributed by atoms with Crippen molar-refractivity contribution in [2.75, 3.05) is 7.11 Å². The van der Waals surface area contributed by atoms with Gasteiger partial charge in [0.05, 0.1) is 5.92 Å². The maximum absolute atomic E-state index is 5.69. The van der Waals surface area contributed by atoms with Gasteiger partial charge < -0.3 is 15.0 Å². The van der Waals surface area contributed by atoms with Gasteiger partial charge in [0.25, 0.3) is 0 Å². The first-order valence-electron chi connectivity index (χ1n) is 4.22. The van der Waals surface area contributed by atoms with Crippen molar-refractivity contribution in [3.05, 3.63) is 11.7 Å². The van der Waals surface area contributed by atoms with Crippen molar-refractivity contribution in [1.29, 1.82) is 0 Å². The Hall–Kier alpha value is -0.940. The third-order valence-corrected chi connectivity index (χ3v) is 1.94. The Balaban J connectivity index is 2.67. The lowest BCUT2D eigenvalue weighted by molar-refractivity contribution is 0.174. The van der Waals surface area contributed by atoms with E-state index in [-0.39, 0.29) is 12.0 Å². The summed E-state index contributed by atoms with van der Waals surface area (Å²) in [5.74, 6) is 1.21. The van der Waals surface area contributed by atoms with E-state index in [1.54, 1.807) is 7.11 Å². The first-order chi connectivity index (χ1) is 6.15. The molecule has 0 aromatic carbocycles. The Morgan fingerprint density at radius 2 is 2.23 bits per heavy atom. The quantitative estimate of drug-likeness (QED) is 0.746. The van der Waals surface area contributed by atoms with Gasteiger partial charge in [0.2, 0.25) is 5.89 Å². The van der Waals surface area contributed by atoms with Gasteiger partial charge in [0.1, 0.15) is 6.61 Å². The topological polar surface area (TPSA) is 74.2 Å². The molecule has 0 saturated heterocycles. The van der Waals surface area contributed by atoms with Crippen LogP contribution in [0.5, 0.6) is 0 Å². The fraction of sp³-hybridized carbons (Fsp3) is 0.750. The van der Waals surface area contributed by atoms with E-state index >= 15 is 0 Å². The number of nitrogens with two attached hydrogens (primary N) is 1. The number of nitrogens with zero attached hydrogens (tertiary/aromatic N) is 2. The maximum atomic E-state index is 5.69. The summed E-state index contributed by atoms with van der Waals surface area (Å²) in [5, 5.41) is 3.74. The molecule has 1 aromatic rings. The van der Waals surface area contributed by atoms with Gasteiger partial charge in [-0.1, -0.05) is 12.1 Å². The van der Waals surface area contributed by atoms with E-state index in [0.717, 1.165) is 0 Å². The van der Waals surface area contributed by atoms with Gasteiger partial charge in [-0.3, -0.25) is 0 Å². The molecule has 0 aliphatic rings. The molecule has 2 N–H and O–H groups in total. The fourth-order valence-electron chi connectivity index (χ4n) is 0.865. The van der Waals surface area contributed by atoms with Crippen LogP contribution in [0.4, 0.5) is 0 Å². The van der Waals surface area contributed by atoms with E-state index in [1.807, 2.05) is 13.8 Å². The first-order valence-corrected chi connectivity index (χ1v) is 4.22. The zero-order chi connectivity index (χ0) is 9.84. The van der Waals surface area contributed by atoms with Gasteiger partial charge in [-0.25, -0.2) is 0 Å². The van der Waals surface area contributed by atoms with E-state index in [9.17, 15) is 0 Å². The summed E-state index contributed by atoms with van der Waals surface area (Å²) in [4.78, 5) is 4.14. The van der Waals surface area contributed by atoms with Gasteiger partial charge in [0, 0.05) is 13.2 Å². The second-order valence-electron chi connectivity index (χ2n) is 3.13. The van der Waals surface area contributed by atoms with Crippen LogP contribution >= 0.6 is 0 Å². The average molecular weight is 185 g/mol. The summed E-state index contributed by atoms with van der Waals surface area (Å²) in [6, 6.07) is 0.0100. The summed E-state index contributed by atoms with van der Waals surface area (Å²) in [6.07, 6.45) is 0. The number of methoxy groups -OCH3 is 1. The molecule has 2 atom stereocenters. The molecule has 0 amide bonds. The fourth-order valence-corrected chi connectivity index (χ4v) is 0.865. The van der Waals surface area contributed by atoms with E-state index < -0.39 is 0 Å². The molecule has 1 aromatic heterocycles. The van der Waals surface area contributed by atoms with Gasteiger partial charge in [0.15, 0.2) is 5.82 Å². The molecular weight excluding hydrogens is 170 g/mol. The monoisotopic (exact) mass is 185 g/mol. The lowest BCUT2D eigenvalue weighted by Crippen LogP contribution is -2.22. The molecule has 0 bridgehead atoms. The highest BCUT2D eigenvalue weighted by atomic mass is 16.5. The molecule has 1 rings (SSSR count). The predicted octanol–water partition coefficient (Wildman–Crippen LogP) is 0.667. The van der Waals surface area contributed by atoms with Gasteiger partial charge in [-0.15, -0.1) is 0 Å². The molecule has 0 saturated carbocycles. The van der Waals surface area contributed by atoms with E-state index in [1.165, 1.54) is 0 Å². The SMILES string of the molecule is COCc1noc(C(C)C(C)N)n1. The number of aromatic nitrogens is 2. The van der Waals surface area contributed by atoms with Crippen LogP contribution in [0, 0.1) is 0 Å². The van der Waals surface area contributed by atoms with Crippen molar-refractivity contribution in [2.45, 2.75) is 32.4 Å². The minimum Gasteiger partial charge on any atom is -0.377 e. The highest BCUT2D eigenvalue weighted by molar-refractivity contribution is 4.94. The number of hydrogen-bond acceptors (Lipinski definition) is 5. The van der Waals surface area contributed by atoms with Crippen molar-refractivity contribution in [3.8, 4) is 0 Å². The minimum atomic E-state index is 0.0100. The van der Waals surface area contributed by atoms with Crippen LogP contribution in [0.3, 0.4) is 0 Å². The van der Waals surface area contributed by atoms with Crippen LogP contribution in [0.15, 0.2) is 4.52 Å². The van der Waals surface area contributed by atoms with Crippen LogP contribution in [-0.4, -0.2) is 23.3 Å². The Morgan fingerprint density at radius 3 is 2.77 bits per heavy atom. The van der Waals surface area contributed by atoms with Gasteiger partial charge >= 0.3 is 0 Å². The van der Waals surface area contributed by atoms with Crippen molar-refractivity contribution >= 4 is 0 Å². The average Bonchev–Trinajstić information content (AvgIpc) is 2.52. The van der Waals surface area contributed by atoms with E-state index in [2.05, 4.69) is 10.1 Å². The second kappa shape index (κ2) is 4.34. The molecular formula is C8H15N3O2. The third-order valence-electron chi connectivity index (χ3n) is 1.94. The number of hydrogen-bond donors (Lipinski definition) is 1. The van der Waals surface area contributed by atoms with Crippen LogP contribution in [0.2, 0.25) is 0 Å². The highest BCUT2D eigenvalue weighted by Gasteiger charge is 2.17. The molecule has 13 heavy (non-hydrogen) atoms. The van der Waals surface area contributed by atoms with Gasteiger partial charge in [-0.2, -0.15) is 4.98 Å². The molecule has 0 aliphatic heterocycles. The Labute approximate surface area is 77.3 Å². The number of ether oxygens (including phenoxy) is 1. The lowest BCUT2D eigenvalue weighted by Gasteiger charge is -2.09. The molecule has 0 radical (unpaired) electrons. The van der Waals surface area contributed by atoms with E-state index in [0.29, 0.717) is 18.3 Å². The third kappa shape index (κ3) is 2.50. The van der Waals surface area contributed by atoms with Crippen LogP contribution < -0.4 is 5.73 Å². The van der Waals surface area contributed by atoms with Crippen molar-refractivity contribution in [3.63, 3.8) is 0 Å². The predicted molar refractivity (Wildman–Crippen MR) is 47.1 cm³/mol. The summed E-state index contributed by atoms with van der Waals surface area (Å²) in [5.41, 5.74) is 5.69. The van der Waals surface area contributed by atoms with Crippen LogP contribution in [-0.2, 0) is 11.3 Å². The molecule has 5 heteroatoms. The van der Waals surface area contributed by atoms with Crippen LogP contribution in [0.25, 0.3) is 0 Å². The smallest absolute Gasteiger partial charge is 0.231 e. The molecule has 2 unspecified atom stereocenters. The van der Waals surface area contributed by atoms with Gasteiger partial charge in [-0.05, 0) is 6.92 Å².